The second-order valence-corrected chi connectivity index (χ2v) is 5.87. The maximum Gasteiger partial charge on any atom is 0.119 e. The Bertz CT molecular complexity index is 548. The zero-order valence-corrected chi connectivity index (χ0v) is 13.4. The molecule has 108 valence electrons. The molecular weight excluding hydrogens is 268 g/mol. The van der Waals surface area contributed by atoms with Crippen molar-refractivity contribution in [3.63, 3.8) is 0 Å². The van der Waals surface area contributed by atoms with Crippen LogP contribution in [0, 0.1) is 6.92 Å². The highest BCUT2D eigenvalue weighted by Gasteiger charge is 2.17. The van der Waals surface area contributed by atoms with Gasteiger partial charge in [0.05, 0.1) is 18.3 Å². The number of rotatable bonds is 6. The van der Waals surface area contributed by atoms with E-state index in [-0.39, 0.29) is 6.04 Å². The minimum Gasteiger partial charge on any atom is -0.494 e. The summed E-state index contributed by atoms with van der Waals surface area (Å²) < 4.78 is 5.49. The summed E-state index contributed by atoms with van der Waals surface area (Å²) in [6, 6.07) is 8.40. The molecule has 0 aliphatic carbocycles. The number of benzene rings is 1. The van der Waals surface area contributed by atoms with Gasteiger partial charge in [0.1, 0.15) is 10.8 Å². The van der Waals surface area contributed by atoms with Gasteiger partial charge in [0.2, 0.25) is 0 Å². The fourth-order valence-electron chi connectivity index (χ4n) is 2.26. The van der Waals surface area contributed by atoms with E-state index in [2.05, 4.69) is 31.3 Å². The number of hydrogen-bond acceptors (Lipinski definition) is 4. The van der Waals surface area contributed by atoms with E-state index in [1.807, 2.05) is 26.1 Å². The average molecular weight is 290 g/mol. The summed E-state index contributed by atoms with van der Waals surface area (Å²) in [7, 11) is 1.98. The summed E-state index contributed by atoms with van der Waals surface area (Å²) in [6.07, 6.45) is 0.988. The molecule has 1 N–H and O–H groups in total. The monoisotopic (exact) mass is 290 g/mol. The number of nitrogens with zero attached hydrogens (tertiary/aromatic N) is 1. The van der Waals surface area contributed by atoms with E-state index >= 15 is 0 Å². The summed E-state index contributed by atoms with van der Waals surface area (Å²) in [4.78, 5) is 6.07. The van der Waals surface area contributed by atoms with Gasteiger partial charge in [-0.3, -0.25) is 0 Å². The first-order valence-corrected chi connectivity index (χ1v) is 7.87. The van der Waals surface area contributed by atoms with Gasteiger partial charge in [-0.05, 0) is 45.0 Å². The molecule has 0 aliphatic heterocycles. The van der Waals surface area contributed by atoms with E-state index in [4.69, 9.17) is 9.72 Å². The first kappa shape index (κ1) is 15.0. The van der Waals surface area contributed by atoms with Crippen LogP contribution < -0.4 is 10.1 Å². The SMILES string of the molecule is CCOc1ccc(C(NC)c2nc(CC)c(C)s2)cc1. The van der Waals surface area contributed by atoms with Crippen molar-refractivity contribution in [2.45, 2.75) is 33.2 Å². The maximum absolute atomic E-state index is 5.49. The van der Waals surface area contributed by atoms with Gasteiger partial charge in [-0.25, -0.2) is 4.98 Å². The molecule has 1 heterocycles. The van der Waals surface area contributed by atoms with Gasteiger partial charge >= 0.3 is 0 Å². The predicted molar refractivity (Wildman–Crippen MR) is 84.7 cm³/mol. The molecule has 0 fully saturated rings. The third-order valence-electron chi connectivity index (χ3n) is 3.30. The van der Waals surface area contributed by atoms with E-state index in [1.54, 1.807) is 11.3 Å². The van der Waals surface area contributed by atoms with E-state index in [0.29, 0.717) is 6.61 Å². The molecule has 0 saturated heterocycles. The number of thiazole rings is 1. The molecule has 3 nitrogen and oxygen atoms in total. The van der Waals surface area contributed by atoms with Crippen molar-refractivity contribution in [3.05, 3.63) is 45.4 Å². The zero-order valence-electron chi connectivity index (χ0n) is 12.6. The third-order valence-corrected chi connectivity index (χ3v) is 4.38. The lowest BCUT2D eigenvalue weighted by Gasteiger charge is -2.14. The highest BCUT2D eigenvalue weighted by atomic mass is 32.1. The second-order valence-electron chi connectivity index (χ2n) is 4.63. The number of nitrogens with one attached hydrogen (secondary N) is 1. The summed E-state index contributed by atoms with van der Waals surface area (Å²) >= 11 is 1.78. The van der Waals surface area contributed by atoms with Crippen LogP contribution >= 0.6 is 11.3 Å². The Morgan fingerprint density at radius 1 is 1.25 bits per heavy atom. The molecule has 2 aromatic rings. The minimum atomic E-state index is 0.148. The van der Waals surface area contributed by atoms with E-state index in [1.165, 1.54) is 16.1 Å². The Kier molecular flexibility index (Phi) is 5.15. The van der Waals surface area contributed by atoms with Crippen molar-refractivity contribution in [2.24, 2.45) is 0 Å². The lowest BCUT2D eigenvalue weighted by Crippen LogP contribution is -2.17. The molecule has 0 aliphatic rings. The van der Waals surface area contributed by atoms with Crippen LogP contribution in [0.1, 0.15) is 41.0 Å². The van der Waals surface area contributed by atoms with Crippen LogP contribution in [0.25, 0.3) is 0 Å². The number of aromatic nitrogens is 1. The maximum atomic E-state index is 5.49. The van der Waals surface area contributed by atoms with Gasteiger partial charge in [0.25, 0.3) is 0 Å². The molecule has 0 spiro atoms. The molecule has 0 amide bonds. The Labute approximate surface area is 125 Å². The van der Waals surface area contributed by atoms with E-state index in [9.17, 15) is 0 Å². The molecule has 1 unspecified atom stereocenters. The van der Waals surface area contributed by atoms with Gasteiger partial charge in [-0.15, -0.1) is 11.3 Å². The van der Waals surface area contributed by atoms with Crippen molar-refractivity contribution >= 4 is 11.3 Å². The Morgan fingerprint density at radius 3 is 2.45 bits per heavy atom. The van der Waals surface area contributed by atoms with Crippen LogP contribution in [0.15, 0.2) is 24.3 Å². The lowest BCUT2D eigenvalue weighted by atomic mass is 10.1. The highest BCUT2D eigenvalue weighted by molar-refractivity contribution is 7.11. The van der Waals surface area contributed by atoms with Crippen LogP contribution in [0.4, 0.5) is 0 Å². The average Bonchev–Trinajstić information content (AvgIpc) is 2.83. The summed E-state index contributed by atoms with van der Waals surface area (Å²) in [5, 5.41) is 4.49. The zero-order chi connectivity index (χ0) is 14.5. The van der Waals surface area contributed by atoms with Crippen LogP contribution in [0.2, 0.25) is 0 Å². The van der Waals surface area contributed by atoms with Crippen molar-refractivity contribution in [3.8, 4) is 5.75 Å². The molecule has 0 bridgehead atoms. The quantitative estimate of drug-likeness (QED) is 0.880. The van der Waals surface area contributed by atoms with Crippen molar-refractivity contribution in [1.29, 1.82) is 0 Å². The number of aryl methyl sites for hydroxylation is 2. The Balaban J connectivity index is 2.26. The fourth-order valence-corrected chi connectivity index (χ4v) is 3.41. The highest BCUT2D eigenvalue weighted by Crippen LogP contribution is 2.29. The lowest BCUT2D eigenvalue weighted by molar-refractivity contribution is 0.340. The molecule has 0 radical (unpaired) electrons. The summed E-state index contributed by atoms with van der Waals surface area (Å²) in [5.41, 5.74) is 2.42. The van der Waals surface area contributed by atoms with Crippen molar-refractivity contribution in [2.75, 3.05) is 13.7 Å². The summed E-state index contributed by atoms with van der Waals surface area (Å²) in [6.45, 7) is 6.98. The van der Waals surface area contributed by atoms with Crippen molar-refractivity contribution < 1.29 is 4.74 Å². The predicted octanol–water partition coefficient (Wildman–Crippen LogP) is 3.72. The largest absolute Gasteiger partial charge is 0.494 e. The standard InChI is InChI=1S/C16H22N2OS/c1-5-14-11(3)20-16(18-14)15(17-4)12-7-9-13(10-8-12)19-6-2/h7-10,15,17H,5-6H2,1-4H3. The van der Waals surface area contributed by atoms with Crippen molar-refractivity contribution in [1.82, 2.24) is 10.3 Å². The molecule has 1 aromatic heterocycles. The molecule has 1 aromatic carbocycles. The molecule has 4 heteroatoms. The van der Waals surface area contributed by atoms with E-state index in [0.717, 1.165) is 17.2 Å². The first-order chi connectivity index (χ1) is 9.69. The number of ether oxygens (including phenoxy) is 1. The van der Waals surface area contributed by atoms with E-state index < -0.39 is 0 Å². The van der Waals surface area contributed by atoms with Crippen LogP contribution in [0.3, 0.4) is 0 Å². The molecular formula is C16H22N2OS. The summed E-state index contributed by atoms with van der Waals surface area (Å²) in [5.74, 6) is 0.913. The molecule has 20 heavy (non-hydrogen) atoms. The first-order valence-electron chi connectivity index (χ1n) is 7.05. The molecule has 2 rings (SSSR count). The Morgan fingerprint density at radius 2 is 1.95 bits per heavy atom. The van der Waals surface area contributed by atoms with Crippen LogP contribution in [-0.4, -0.2) is 18.6 Å². The van der Waals surface area contributed by atoms with Gasteiger partial charge in [-0.2, -0.15) is 0 Å². The van der Waals surface area contributed by atoms with Crippen LogP contribution in [0.5, 0.6) is 5.75 Å². The Hall–Kier alpha value is -1.39. The van der Waals surface area contributed by atoms with Crippen LogP contribution in [-0.2, 0) is 6.42 Å². The van der Waals surface area contributed by atoms with Gasteiger partial charge < -0.3 is 10.1 Å². The minimum absolute atomic E-state index is 0.148. The smallest absolute Gasteiger partial charge is 0.119 e. The fraction of sp³-hybridized carbons (Fsp3) is 0.438. The van der Waals surface area contributed by atoms with Gasteiger partial charge in [0, 0.05) is 4.88 Å². The topological polar surface area (TPSA) is 34.1 Å². The van der Waals surface area contributed by atoms with Gasteiger partial charge in [-0.1, -0.05) is 19.1 Å². The van der Waals surface area contributed by atoms with Gasteiger partial charge in [0.15, 0.2) is 0 Å². The third kappa shape index (κ3) is 3.19. The molecule has 0 saturated carbocycles. The number of hydrogen-bond donors (Lipinski definition) is 1. The normalized spacial score (nSPS) is 12.4. The second kappa shape index (κ2) is 6.86. The molecule has 1 atom stereocenters.